The van der Waals surface area contributed by atoms with Crippen LogP contribution in [0.2, 0.25) is 0 Å². The zero-order valence-electron chi connectivity index (χ0n) is 12.4. The van der Waals surface area contributed by atoms with Crippen LogP contribution in [-0.2, 0) is 4.84 Å². The minimum Gasteiger partial charge on any atom is -0.396 e. The Morgan fingerprint density at radius 1 is 1.11 bits per heavy atom. The van der Waals surface area contributed by atoms with Gasteiger partial charge in [-0.1, -0.05) is 62.7 Å². The van der Waals surface area contributed by atoms with E-state index in [1.165, 1.54) is 18.4 Å². The van der Waals surface area contributed by atoms with Crippen LogP contribution in [0.4, 0.5) is 0 Å². The van der Waals surface area contributed by atoms with E-state index in [0.717, 1.165) is 18.1 Å². The molecule has 0 bridgehead atoms. The summed E-state index contributed by atoms with van der Waals surface area (Å²) in [4.78, 5) is 5.16. The van der Waals surface area contributed by atoms with Crippen LogP contribution in [0.25, 0.3) is 0 Å². The first-order valence-electron chi connectivity index (χ1n) is 7.06. The Morgan fingerprint density at radius 2 is 1.67 bits per heavy atom. The molecule has 0 N–H and O–H groups in total. The molecule has 1 fully saturated rings. The van der Waals surface area contributed by atoms with Crippen molar-refractivity contribution in [3.63, 3.8) is 0 Å². The topological polar surface area (TPSA) is 21.6 Å². The first kappa shape index (κ1) is 16.7. The zero-order chi connectivity index (χ0) is 13.8. The highest BCUT2D eigenvalue weighted by Crippen LogP contribution is 2.28. The lowest BCUT2D eigenvalue weighted by molar-refractivity contribution is 0.135. The summed E-state index contributed by atoms with van der Waals surface area (Å²) in [6, 6.07) is 8.23. The van der Waals surface area contributed by atoms with Crippen molar-refractivity contribution in [3.8, 4) is 0 Å². The molecule has 1 aliphatic rings. The Morgan fingerprint density at radius 3 is 2.17 bits per heavy atom. The molecule has 0 atom stereocenters. The van der Waals surface area contributed by atoms with Gasteiger partial charge in [0.05, 0.1) is 6.21 Å². The molecule has 102 valence electrons. The van der Waals surface area contributed by atoms with Crippen molar-refractivity contribution in [3.05, 3.63) is 35.4 Å². The third-order valence-corrected chi connectivity index (χ3v) is 2.36. The van der Waals surface area contributed by atoms with Crippen LogP contribution < -0.4 is 0 Å². The van der Waals surface area contributed by atoms with Crippen molar-refractivity contribution < 1.29 is 4.84 Å². The molecule has 2 heteroatoms. The second-order valence-corrected chi connectivity index (χ2v) is 3.88. The molecule has 0 unspecified atom stereocenters. The molecule has 2 nitrogen and oxygen atoms in total. The van der Waals surface area contributed by atoms with Crippen LogP contribution in [0.1, 0.15) is 51.7 Å². The first-order chi connectivity index (χ1) is 8.84. The number of nitrogens with zero attached hydrogens (tertiary/aromatic N) is 1. The van der Waals surface area contributed by atoms with Gasteiger partial charge in [-0.2, -0.15) is 0 Å². The predicted molar refractivity (Wildman–Crippen MR) is 80.1 cm³/mol. The smallest absolute Gasteiger partial charge is 0.120 e. The van der Waals surface area contributed by atoms with Gasteiger partial charge in [-0.25, -0.2) is 0 Å². The predicted octanol–water partition coefficient (Wildman–Crippen LogP) is 4.81. The van der Waals surface area contributed by atoms with Gasteiger partial charge in [-0.3, -0.25) is 0 Å². The van der Waals surface area contributed by atoms with E-state index in [9.17, 15) is 0 Å². The monoisotopic (exact) mass is 249 g/mol. The molecule has 1 aromatic rings. The number of benzene rings is 1. The van der Waals surface area contributed by atoms with Crippen molar-refractivity contribution in [2.75, 3.05) is 6.61 Å². The minimum absolute atomic E-state index is 0.769. The van der Waals surface area contributed by atoms with Crippen LogP contribution in [-0.4, -0.2) is 12.8 Å². The van der Waals surface area contributed by atoms with E-state index in [1.54, 1.807) is 6.21 Å². The summed E-state index contributed by atoms with van der Waals surface area (Å²) in [5.74, 6) is 0.769. The molecule has 1 aliphatic carbocycles. The highest BCUT2D eigenvalue weighted by Gasteiger charge is 2.21. The van der Waals surface area contributed by atoms with Gasteiger partial charge in [0, 0.05) is 0 Å². The molecular weight excluding hydrogens is 222 g/mol. The van der Waals surface area contributed by atoms with Gasteiger partial charge in [0.2, 0.25) is 0 Å². The SMILES string of the molecule is CC.CC.Cc1ccc(/C=N/OCC2CC2)cc1. The number of hydrogen-bond acceptors (Lipinski definition) is 2. The van der Waals surface area contributed by atoms with Gasteiger partial charge in [0.15, 0.2) is 0 Å². The molecular formula is C16H27NO. The molecule has 0 amide bonds. The van der Waals surface area contributed by atoms with Crippen molar-refractivity contribution >= 4 is 6.21 Å². The number of hydrogen-bond donors (Lipinski definition) is 0. The molecule has 18 heavy (non-hydrogen) atoms. The average Bonchev–Trinajstić information content (AvgIpc) is 3.26. The summed E-state index contributed by atoms with van der Waals surface area (Å²) in [5, 5.41) is 3.93. The standard InChI is InChI=1S/C12H15NO.2C2H6/c1-10-2-4-11(5-3-10)8-13-14-9-12-6-7-12;2*1-2/h2-5,8,12H,6-7,9H2,1H3;2*1-2H3/b13-8+;;. The molecule has 0 aliphatic heterocycles. The Labute approximate surface area is 112 Å². The molecule has 0 spiro atoms. The lowest BCUT2D eigenvalue weighted by atomic mass is 10.2. The Balaban J connectivity index is 0.000000659. The largest absolute Gasteiger partial charge is 0.396 e. The fourth-order valence-corrected chi connectivity index (χ4v) is 1.18. The van der Waals surface area contributed by atoms with E-state index >= 15 is 0 Å². The van der Waals surface area contributed by atoms with Gasteiger partial charge in [0.25, 0.3) is 0 Å². The fraction of sp³-hybridized carbons (Fsp3) is 0.562. The molecule has 1 aromatic carbocycles. The van der Waals surface area contributed by atoms with E-state index in [-0.39, 0.29) is 0 Å². The summed E-state index contributed by atoms with van der Waals surface area (Å²) in [6.45, 7) is 10.9. The summed E-state index contributed by atoms with van der Waals surface area (Å²) in [7, 11) is 0. The average molecular weight is 249 g/mol. The summed E-state index contributed by atoms with van der Waals surface area (Å²) >= 11 is 0. The summed E-state index contributed by atoms with van der Waals surface area (Å²) < 4.78 is 0. The summed E-state index contributed by atoms with van der Waals surface area (Å²) in [6.07, 6.45) is 4.38. The molecule has 1 saturated carbocycles. The Kier molecular flexibility index (Phi) is 10.0. The summed E-state index contributed by atoms with van der Waals surface area (Å²) in [5.41, 5.74) is 2.35. The number of oxime groups is 1. The fourth-order valence-electron chi connectivity index (χ4n) is 1.18. The van der Waals surface area contributed by atoms with Gasteiger partial charge in [0.1, 0.15) is 6.61 Å². The van der Waals surface area contributed by atoms with E-state index < -0.39 is 0 Å². The highest BCUT2D eigenvalue weighted by atomic mass is 16.6. The Bertz CT molecular complexity index is 312. The Hall–Kier alpha value is -1.31. The van der Waals surface area contributed by atoms with Crippen molar-refractivity contribution in [2.24, 2.45) is 11.1 Å². The second kappa shape index (κ2) is 10.8. The maximum Gasteiger partial charge on any atom is 0.120 e. The van der Waals surface area contributed by atoms with Gasteiger partial charge in [-0.15, -0.1) is 0 Å². The van der Waals surface area contributed by atoms with E-state index in [2.05, 4.69) is 24.2 Å². The highest BCUT2D eigenvalue weighted by molar-refractivity contribution is 5.79. The molecule has 0 aromatic heterocycles. The van der Waals surface area contributed by atoms with Crippen molar-refractivity contribution in [1.29, 1.82) is 0 Å². The molecule has 2 rings (SSSR count). The van der Waals surface area contributed by atoms with Crippen LogP contribution in [0.5, 0.6) is 0 Å². The van der Waals surface area contributed by atoms with Crippen molar-refractivity contribution in [2.45, 2.75) is 47.5 Å². The number of aryl methyl sites for hydroxylation is 1. The molecule has 0 saturated heterocycles. The second-order valence-electron chi connectivity index (χ2n) is 3.88. The maximum absolute atomic E-state index is 5.16. The van der Waals surface area contributed by atoms with Gasteiger partial charge in [-0.05, 0) is 31.2 Å². The minimum atomic E-state index is 0.769. The lowest BCUT2D eigenvalue weighted by Crippen LogP contribution is -1.90. The normalized spacial score (nSPS) is 13.2. The van der Waals surface area contributed by atoms with E-state index in [1.807, 2.05) is 39.8 Å². The molecule has 0 heterocycles. The van der Waals surface area contributed by atoms with Crippen molar-refractivity contribution in [1.82, 2.24) is 0 Å². The maximum atomic E-state index is 5.16. The zero-order valence-corrected chi connectivity index (χ0v) is 12.4. The first-order valence-corrected chi connectivity index (χ1v) is 7.06. The quantitative estimate of drug-likeness (QED) is 0.554. The van der Waals surface area contributed by atoms with Gasteiger partial charge >= 0.3 is 0 Å². The van der Waals surface area contributed by atoms with Crippen LogP contribution in [0.3, 0.4) is 0 Å². The van der Waals surface area contributed by atoms with Crippen LogP contribution in [0.15, 0.2) is 29.4 Å². The third kappa shape index (κ3) is 7.88. The van der Waals surface area contributed by atoms with E-state index in [4.69, 9.17) is 4.84 Å². The molecule has 0 radical (unpaired) electrons. The van der Waals surface area contributed by atoms with Gasteiger partial charge < -0.3 is 4.84 Å². The third-order valence-electron chi connectivity index (χ3n) is 2.36. The van der Waals surface area contributed by atoms with E-state index in [0.29, 0.717) is 0 Å². The van der Waals surface area contributed by atoms with Crippen LogP contribution >= 0.6 is 0 Å². The lowest BCUT2D eigenvalue weighted by Gasteiger charge is -1.96. The van der Waals surface area contributed by atoms with Crippen LogP contribution in [0, 0.1) is 12.8 Å². The number of rotatable bonds is 4.